The van der Waals surface area contributed by atoms with E-state index in [2.05, 4.69) is 42.5 Å². The third-order valence-corrected chi connectivity index (χ3v) is 12.7. The van der Waals surface area contributed by atoms with E-state index in [0.29, 0.717) is 18.4 Å². The number of benzene rings is 1. The molecule has 77 heavy (non-hydrogen) atoms. The Labute approximate surface area is 448 Å². The number of aromatic hydroxyl groups is 1. The lowest BCUT2D eigenvalue weighted by Gasteiger charge is -2.29. The number of nitrogens with zero attached hydrogens (tertiary/aromatic N) is 1. The molecule has 432 valence electrons. The highest BCUT2D eigenvalue weighted by Gasteiger charge is 2.39. The van der Waals surface area contributed by atoms with Crippen LogP contribution in [-0.4, -0.2) is 176 Å². The van der Waals surface area contributed by atoms with Crippen LogP contribution in [-0.2, 0) is 59.2 Å². The summed E-state index contributed by atoms with van der Waals surface area (Å²) in [5.74, 6) is -11.8. The van der Waals surface area contributed by atoms with Gasteiger partial charge in [-0.3, -0.25) is 47.9 Å². The molecule has 1 aromatic rings. The van der Waals surface area contributed by atoms with Crippen molar-refractivity contribution in [1.29, 1.82) is 0 Å². The lowest BCUT2D eigenvalue weighted by atomic mass is 9.96. The monoisotopic (exact) mass is 1090 g/mol. The number of hydrogen-bond donors (Lipinski definition) is 14. The van der Waals surface area contributed by atoms with Gasteiger partial charge in [-0.1, -0.05) is 73.9 Å². The van der Waals surface area contributed by atoms with Gasteiger partial charge in [0, 0.05) is 13.0 Å². The van der Waals surface area contributed by atoms with Gasteiger partial charge in [-0.15, -0.1) is 0 Å². The van der Waals surface area contributed by atoms with Gasteiger partial charge in [0.2, 0.25) is 53.2 Å². The molecule has 0 saturated carbocycles. The van der Waals surface area contributed by atoms with Crippen molar-refractivity contribution in [3.05, 3.63) is 29.8 Å². The van der Waals surface area contributed by atoms with Crippen molar-refractivity contribution in [2.24, 2.45) is 29.4 Å². The van der Waals surface area contributed by atoms with E-state index in [4.69, 9.17) is 10.8 Å². The van der Waals surface area contributed by atoms with Crippen LogP contribution in [0.1, 0.15) is 113 Å². The number of phenolic OH excluding ortho intramolecular Hbond substituents is 1. The summed E-state index contributed by atoms with van der Waals surface area (Å²) in [4.78, 5) is 147. The SMILES string of the molecule is CC[C@H](C)[C@H](NC(=O)[C@@H](N)CC(=O)O)C(=O)N[C@@H](Cc1ccc(O)cc1)C(=O)N[C@@H](CO)C(=O)N[C@H](C(=O)N[C@@H](CC(C)C)C(=O)N[C@@H](CC(C)C)C(=O)NCC(=O)N[C@@H](CC(C)C)C(=O)N1CCC[C@H]1C(=O)O)[C@@H](C)O. The van der Waals surface area contributed by atoms with E-state index in [1.807, 2.05) is 13.8 Å². The Kier molecular flexibility index (Phi) is 27.5. The lowest BCUT2D eigenvalue weighted by molar-refractivity contribution is -0.149. The Hall–Kier alpha value is -6.93. The molecular weight excluding hydrogens is 1010 g/mol. The number of aliphatic carboxylic acids is 2. The van der Waals surface area contributed by atoms with Crippen LogP contribution in [0.15, 0.2) is 24.3 Å². The molecule has 2 rings (SSSR count). The van der Waals surface area contributed by atoms with Crippen molar-refractivity contribution >= 4 is 65.1 Å². The van der Waals surface area contributed by atoms with Crippen LogP contribution in [0, 0.1) is 23.7 Å². The highest BCUT2D eigenvalue weighted by molar-refractivity contribution is 5.98. The zero-order chi connectivity index (χ0) is 58.4. The molecule has 26 heteroatoms. The molecule has 0 unspecified atom stereocenters. The second-order valence-electron chi connectivity index (χ2n) is 20.9. The second-order valence-corrected chi connectivity index (χ2v) is 20.9. The molecule has 0 spiro atoms. The van der Waals surface area contributed by atoms with Crippen LogP contribution in [0.3, 0.4) is 0 Å². The van der Waals surface area contributed by atoms with Crippen LogP contribution in [0.2, 0.25) is 0 Å². The number of aliphatic hydroxyl groups excluding tert-OH is 2. The molecule has 1 aromatic carbocycles. The topological polar surface area (TPSA) is 414 Å². The van der Waals surface area contributed by atoms with Crippen LogP contribution < -0.4 is 48.3 Å². The fraction of sp³-hybridized carbons (Fsp3) is 0.667. The molecule has 1 aliphatic heterocycles. The van der Waals surface area contributed by atoms with E-state index in [1.54, 1.807) is 41.5 Å². The average Bonchev–Trinajstić information content (AvgIpc) is 3.85. The fourth-order valence-electron chi connectivity index (χ4n) is 8.36. The van der Waals surface area contributed by atoms with E-state index < -0.39 is 151 Å². The van der Waals surface area contributed by atoms with Crippen molar-refractivity contribution < 1.29 is 78.3 Å². The number of nitrogens with one attached hydrogen (secondary N) is 8. The zero-order valence-electron chi connectivity index (χ0n) is 45.4. The Morgan fingerprint density at radius 2 is 1.10 bits per heavy atom. The second kappa shape index (κ2) is 32.0. The minimum Gasteiger partial charge on any atom is -0.508 e. The molecule has 0 aromatic heterocycles. The van der Waals surface area contributed by atoms with Gasteiger partial charge in [0.05, 0.1) is 31.7 Å². The van der Waals surface area contributed by atoms with E-state index in [9.17, 15) is 73.2 Å². The smallest absolute Gasteiger partial charge is 0.326 e. The normalized spacial score (nSPS) is 17.2. The number of hydrogen-bond acceptors (Lipinski definition) is 15. The maximum absolute atomic E-state index is 14.0. The summed E-state index contributed by atoms with van der Waals surface area (Å²) in [5.41, 5.74) is 6.14. The minimum absolute atomic E-state index is 0.0122. The van der Waals surface area contributed by atoms with Gasteiger partial charge in [-0.25, -0.2) is 4.79 Å². The Morgan fingerprint density at radius 1 is 0.623 bits per heavy atom. The Balaban J connectivity index is 2.29. The molecule has 1 saturated heterocycles. The van der Waals surface area contributed by atoms with Crippen molar-refractivity contribution in [3.8, 4) is 5.75 Å². The fourth-order valence-corrected chi connectivity index (χ4v) is 8.36. The molecule has 11 atom stereocenters. The number of aliphatic hydroxyl groups is 2. The summed E-state index contributed by atoms with van der Waals surface area (Å²) >= 11 is 0. The Bertz CT molecular complexity index is 2210. The minimum atomic E-state index is -1.82. The summed E-state index contributed by atoms with van der Waals surface area (Å²) in [6.45, 7) is 13.7. The number of rotatable bonds is 32. The number of amides is 9. The summed E-state index contributed by atoms with van der Waals surface area (Å²) in [6.07, 6.45) is -1.31. The number of carboxylic acid groups (broad SMARTS) is 2. The molecular formula is C51H82N10O16. The number of carboxylic acids is 2. The van der Waals surface area contributed by atoms with Gasteiger partial charge < -0.3 is 78.7 Å². The van der Waals surface area contributed by atoms with Gasteiger partial charge in [0.15, 0.2) is 0 Å². The first kappa shape index (κ1) is 66.2. The highest BCUT2D eigenvalue weighted by atomic mass is 16.4. The van der Waals surface area contributed by atoms with Crippen molar-refractivity contribution in [3.63, 3.8) is 0 Å². The maximum Gasteiger partial charge on any atom is 0.326 e. The lowest BCUT2D eigenvalue weighted by Crippen LogP contribution is -2.62. The van der Waals surface area contributed by atoms with Gasteiger partial charge in [-0.2, -0.15) is 0 Å². The predicted molar refractivity (Wildman–Crippen MR) is 278 cm³/mol. The van der Waals surface area contributed by atoms with Crippen LogP contribution in [0.4, 0.5) is 0 Å². The molecule has 26 nitrogen and oxygen atoms in total. The van der Waals surface area contributed by atoms with Crippen LogP contribution in [0.5, 0.6) is 5.75 Å². The standard InChI is InChI=1S/C51H82N10O16/c1-10-28(8)41(59-43(68)32(52)22-40(66)67)48(73)57-35(21-30-13-15-31(64)16-14-30)46(71)58-37(24-62)47(72)60-42(29(9)63)49(74)56-34(19-26(4)5)45(70)55-33(18-25(2)3)44(69)53-23-39(65)54-36(20-27(6)7)50(75)61-17-11-12-38(61)51(76)77/h13-16,25-29,32-38,41-42,62-64H,10-12,17-24,52H2,1-9H3,(H,53,69)(H,54,65)(H,55,70)(H,56,74)(H,57,73)(H,58,71)(H,59,68)(H,60,72)(H,66,67)(H,76,77)/t28-,29+,32-,33-,34-,35-,36-,37-,38-,41-,42-/m0/s1. The first-order valence-electron chi connectivity index (χ1n) is 26.0. The largest absolute Gasteiger partial charge is 0.508 e. The van der Waals surface area contributed by atoms with Gasteiger partial charge in [-0.05, 0) is 80.4 Å². The van der Waals surface area contributed by atoms with Crippen molar-refractivity contribution in [2.45, 2.75) is 174 Å². The molecule has 0 bridgehead atoms. The first-order chi connectivity index (χ1) is 36.0. The Morgan fingerprint density at radius 3 is 1.62 bits per heavy atom. The number of phenols is 1. The third-order valence-electron chi connectivity index (χ3n) is 12.7. The molecule has 1 aliphatic rings. The molecule has 0 radical (unpaired) electrons. The number of nitrogens with two attached hydrogens (primary N) is 1. The quantitative estimate of drug-likeness (QED) is 0.0367. The molecule has 1 heterocycles. The van der Waals surface area contributed by atoms with Crippen molar-refractivity contribution in [1.82, 2.24) is 47.4 Å². The van der Waals surface area contributed by atoms with E-state index in [-0.39, 0.29) is 62.2 Å². The van der Waals surface area contributed by atoms with E-state index in [1.165, 1.54) is 29.2 Å². The predicted octanol–water partition coefficient (Wildman–Crippen LogP) is -2.12. The van der Waals surface area contributed by atoms with Crippen LogP contribution in [0.25, 0.3) is 0 Å². The molecule has 9 amide bonds. The van der Waals surface area contributed by atoms with Crippen LogP contribution >= 0.6 is 0 Å². The summed E-state index contributed by atoms with van der Waals surface area (Å²) < 4.78 is 0. The summed E-state index contributed by atoms with van der Waals surface area (Å²) in [6, 6.07) is -7.18. The first-order valence-corrected chi connectivity index (χ1v) is 26.0. The highest BCUT2D eigenvalue weighted by Crippen LogP contribution is 2.21. The third kappa shape index (κ3) is 22.3. The number of carbonyl (C=O) groups excluding carboxylic acids is 9. The molecule has 0 aliphatic carbocycles. The maximum atomic E-state index is 14.0. The zero-order valence-corrected chi connectivity index (χ0v) is 45.4. The molecule has 1 fully saturated rings. The number of likely N-dealkylation sites (tertiary alicyclic amines) is 1. The van der Waals surface area contributed by atoms with Crippen molar-refractivity contribution in [2.75, 3.05) is 19.7 Å². The van der Waals surface area contributed by atoms with Gasteiger partial charge >= 0.3 is 11.9 Å². The van der Waals surface area contributed by atoms with E-state index in [0.717, 1.165) is 6.92 Å². The average molecular weight is 1090 g/mol. The summed E-state index contributed by atoms with van der Waals surface area (Å²) in [7, 11) is 0. The van der Waals surface area contributed by atoms with Gasteiger partial charge in [0.25, 0.3) is 0 Å². The van der Waals surface area contributed by atoms with Gasteiger partial charge in [0.1, 0.15) is 54.1 Å². The number of carbonyl (C=O) groups is 11. The van der Waals surface area contributed by atoms with E-state index >= 15 is 0 Å². The molecule has 15 N–H and O–H groups in total. The summed E-state index contributed by atoms with van der Waals surface area (Å²) in [5, 5.41) is 69.5.